The number of rotatable bonds is 4. The van der Waals surface area contributed by atoms with Gasteiger partial charge in [-0.3, -0.25) is 0 Å². The molecule has 4 rings (SSSR count). The van der Waals surface area contributed by atoms with Gasteiger partial charge in [-0.15, -0.1) is 0 Å². The molecule has 0 spiro atoms. The SMILES string of the molecule is O=S(=O)(c1ccccc1)N1CC(c2nc(C3CC3)no2)C1. The number of hydrogen-bond donors (Lipinski definition) is 0. The van der Waals surface area contributed by atoms with Gasteiger partial charge in [-0.25, -0.2) is 8.42 Å². The van der Waals surface area contributed by atoms with E-state index in [1.807, 2.05) is 0 Å². The van der Waals surface area contributed by atoms with Crippen molar-refractivity contribution in [3.05, 3.63) is 42.0 Å². The summed E-state index contributed by atoms with van der Waals surface area (Å²) in [6, 6.07) is 8.48. The average Bonchev–Trinajstić information content (AvgIpc) is 3.18. The maximum Gasteiger partial charge on any atom is 0.243 e. The Morgan fingerprint density at radius 1 is 1.10 bits per heavy atom. The average molecular weight is 305 g/mol. The predicted octanol–water partition coefficient (Wildman–Crippen LogP) is 1.74. The lowest BCUT2D eigenvalue weighted by molar-refractivity contribution is 0.216. The molecule has 0 amide bonds. The van der Waals surface area contributed by atoms with Crippen molar-refractivity contribution in [3.63, 3.8) is 0 Å². The highest BCUT2D eigenvalue weighted by atomic mass is 32.2. The van der Waals surface area contributed by atoms with E-state index in [1.165, 1.54) is 4.31 Å². The van der Waals surface area contributed by atoms with Crippen LogP contribution < -0.4 is 0 Å². The fraction of sp³-hybridized carbons (Fsp3) is 0.429. The van der Waals surface area contributed by atoms with Gasteiger partial charge in [-0.1, -0.05) is 23.4 Å². The highest BCUT2D eigenvalue weighted by molar-refractivity contribution is 7.89. The Bertz CT molecular complexity index is 747. The van der Waals surface area contributed by atoms with Gasteiger partial charge in [0, 0.05) is 19.0 Å². The Balaban J connectivity index is 1.46. The maximum absolute atomic E-state index is 12.4. The fourth-order valence-corrected chi connectivity index (χ4v) is 4.00. The lowest BCUT2D eigenvalue weighted by Crippen LogP contribution is -2.48. The molecule has 21 heavy (non-hydrogen) atoms. The number of benzene rings is 1. The van der Waals surface area contributed by atoms with Gasteiger partial charge < -0.3 is 4.52 Å². The van der Waals surface area contributed by atoms with Crippen molar-refractivity contribution in [1.82, 2.24) is 14.4 Å². The number of hydrogen-bond acceptors (Lipinski definition) is 5. The molecular weight excluding hydrogens is 290 g/mol. The fourth-order valence-electron chi connectivity index (χ4n) is 2.45. The molecule has 1 aromatic heterocycles. The van der Waals surface area contributed by atoms with Crippen molar-refractivity contribution in [3.8, 4) is 0 Å². The van der Waals surface area contributed by atoms with E-state index < -0.39 is 10.0 Å². The highest BCUT2D eigenvalue weighted by Gasteiger charge is 2.41. The second kappa shape index (κ2) is 4.64. The molecule has 0 bridgehead atoms. The van der Waals surface area contributed by atoms with E-state index in [4.69, 9.17) is 4.52 Å². The number of sulfonamides is 1. The molecule has 6 nitrogen and oxygen atoms in total. The van der Waals surface area contributed by atoms with Gasteiger partial charge in [0.2, 0.25) is 15.9 Å². The van der Waals surface area contributed by atoms with Gasteiger partial charge in [0.25, 0.3) is 0 Å². The van der Waals surface area contributed by atoms with Crippen LogP contribution in [-0.4, -0.2) is 36.0 Å². The summed E-state index contributed by atoms with van der Waals surface area (Å²) in [5.41, 5.74) is 0. The minimum atomic E-state index is -3.40. The Labute approximate surface area is 122 Å². The first-order valence-electron chi connectivity index (χ1n) is 7.03. The summed E-state index contributed by atoms with van der Waals surface area (Å²) in [6.07, 6.45) is 2.25. The van der Waals surface area contributed by atoms with Crippen LogP contribution in [0.15, 0.2) is 39.8 Å². The van der Waals surface area contributed by atoms with E-state index in [0.29, 0.717) is 29.8 Å². The molecule has 2 fully saturated rings. The zero-order valence-corrected chi connectivity index (χ0v) is 12.2. The second-order valence-electron chi connectivity index (χ2n) is 5.60. The lowest BCUT2D eigenvalue weighted by atomic mass is 10.0. The monoisotopic (exact) mass is 305 g/mol. The Hall–Kier alpha value is -1.73. The van der Waals surface area contributed by atoms with Gasteiger partial charge in [0.05, 0.1) is 10.8 Å². The molecule has 1 aliphatic heterocycles. The maximum atomic E-state index is 12.4. The molecule has 1 saturated heterocycles. The van der Waals surface area contributed by atoms with Crippen molar-refractivity contribution in [2.24, 2.45) is 0 Å². The lowest BCUT2D eigenvalue weighted by Gasteiger charge is -2.35. The molecular formula is C14H15N3O3S. The van der Waals surface area contributed by atoms with Crippen molar-refractivity contribution < 1.29 is 12.9 Å². The summed E-state index contributed by atoms with van der Waals surface area (Å²) in [4.78, 5) is 4.71. The summed E-state index contributed by atoms with van der Waals surface area (Å²) in [5, 5.41) is 3.97. The minimum Gasteiger partial charge on any atom is -0.339 e. The molecule has 2 aromatic rings. The number of nitrogens with zero attached hydrogens (tertiary/aromatic N) is 3. The van der Waals surface area contributed by atoms with Gasteiger partial charge in [-0.2, -0.15) is 9.29 Å². The highest BCUT2D eigenvalue weighted by Crippen LogP contribution is 2.39. The summed E-state index contributed by atoms with van der Waals surface area (Å²) >= 11 is 0. The zero-order valence-electron chi connectivity index (χ0n) is 11.3. The zero-order chi connectivity index (χ0) is 14.4. The summed E-state index contributed by atoms with van der Waals surface area (Å²) in [6.45, 7) is 0.813. The normalized spacial score (nSPS) is 20.4. The molecule has 0 N–H and O–H groups in total. The van der Waals surface area contributed by atoms with Crippen LogP contribution in [0.5, 0.6) is 0 Å². The third-order valence-corrected chi connectivity index (χ3v) is 5.82. The largest absolute Gasteiger partial charge is 0.339 e. The van der Waals surface area contributed by atoms with Crippen LogP contribution in [0.4, 0.5) is 0 Å². The first-order chi connectivity index (χ1) is 10.1. The van der Waals surface area contributed by atoms with Crippen molar-refractivity contribution in [1.29, 1.82) is 0 Å². The molecule has 0 radical (unpaired) electrons. The molecule has 1 aliphatic carbocycles. The van der Waals surface area contributed by atoms with Crippen LogP contribution in [0, 0.1) is 0 Å². The molecule has 2 aliphatic rings. The van der Waals surface area contributed by atoms with E-state index >= 15 is 0 Å². The van der Waals surface area contributed by atoms with Gasteiger partial charge in [0.15, 0.2) is 5.82 Å². The molecule has 0 atom stereocenters. The van der Waals surface area contributed by atoms with Crippen LogP contribution in [0.25, 0.3) is 0 Å². The Morgan fingerprint density at radius 2 is 1.81 bits per heavy atom. The van der Waals surface area contributed by atoms with Crippen LogP contribution in [0.3, 0.4) is 0 Å². The summed E-state index contributed by atoms with van der Waals surface area (Å²) in [5.74, 6) is 1.81. The van der Waals surface area contributed by atoms with E-state index in [1.54, 1.807) is 30.3 Å². The minimum absolute atomic E-state index is 0.0171. The summed E-state index contributed by atoms with van der Waals surface area (Å²) in [7, 11) is -3.40. The van der Waals surface area contributed by atoms with Crippen LogP contribution >= 0.6 is 0 Å². The van der Waals surface area contributed by atoms with E-state index in [9.17, 15) is 8.42 Å². The van der Waals surface area contributed by atoms with Crippen LogP contribution in [0.2, 0.25) is 0 Å². The first-order valence-corrected chi connectivity index (χ1v) is 8.47. The molecule has 1 saturated carbocycles. The molecule has 1 aromatic carbocycles. The topological polar surface area (TPSA) is 76.3 Å². The van der Waals surface area contributed by atoms with E-state index in [2.05, 4.69) is 10.1 Å². The quantitative estimate of drug-likeness (QED) is 0.860. The van der Waals surface area contributed by atoms with Crippen molar-refractivity contribution >= 4 is 10.0 Å². The van der Waals surface area contributed by atoms with Crippen LogP contribution in [-0.2, 0) is 10.0 Å². The summed E-state index contributed by atoms with van der Waals surface area (Å²) < 4.78 is 31.5. The Morgan fingerprint density at radius 3 is 2.48 bits per heavy atom. The van der Waals surface area contributed by atoms with Crippen LogP contribution in [0.1, 0.15) is 36.4 Å². The molecule has 2 heterocycles. The number of aromatic nitrogens is 2. The molecule has 110 valence electrons. The predicted molar refractivity (Wildman–Crippen MR) is 74.2 cm³/mol. The standard InChI is InChI=1S/C14H15N3O3S/c18-21(19,12-4-2-1-3-5-12)17-8-11(9-17)14-15-13(16-20-14)10-6-7-10/h1-5,10-11H,6-9H2. The van der Waals surface area contributed by atoms with Gasteiger partial charge in [-0.05, 0) is 25.0 Å². The smallest absolute Gasteiger partial charge is 0.243 e. The first kappa shape index (κ1) is 13.0. The molecule has 7 heteroatoms. The van der Waals surface area contributed by atoms with Gasteiger partial charge in [0.1, 0.15) is 0 Å². The van der Waals surface area contributed by atoms with Crippen molar-refractivity contribution in [2.45, 2.75) is 29.6 Å². The third-order valence-electron chi connectivity index (χ3n) is 3.98. The molecule has 0 unspecified atom stereocenters. The van der Waals surface area contributed by atoms with Gasteiger partial charge >= 0.3 is 0 Å². The van der Waals surface area contributed by atoms with E-state index in [0.717, 1.165) is 18.7 Å². The Kier molecular flexibility index (Phi) is 2.87. The second-order valence-corrected chi connectivity index (χ2v) is 7.54. The van der Waals surface area contributed by atoms with E-state index in [-0.39, 0.29) is 5.92 Å². The van der Waals surface area contributed by atoms with Crippen molar-refractivity contribution in [2.75, 3.05) is 13.1 Å². The third kappa shape index (κ3) is 2.26.